The first-order chi connectivity index (χ1) is 23.2. The lowest BCUT2D eigenvalue weighted by atomic mass is 9.88. The molecule has 0 amide bonds. The SMILES string of the molecule is C[C@H]1C=CC(P(c2ccccc2)c2ccc3c(c2)CCC(c2ccc(-c4nc5ccccc5c5oc6c(c45)C=CCC6)cc2)=C3)CC1. The molecule has 6 aromatic rings. The highest BCUT2D eigenvalue weighted by molar-refractivity contribution is 7.73. The Bertz CT molecular complexity index is 2220. The number of allylic oxidation sites excluding steroid dienone is 4. The Hall–Kier alpha value is -4.52. The van der Waals surface area contributed by atoms with Crippen molar-refractivity contribution in [3.05, 3.63) is 143 Å². The average molecular weight is 628 g/mol. The molecular weight excluding hydrogens is 589 g/mol. The molecule has 0 N–H and O–H groups in total. The number of para-hydroxylation sites is 1. The maximum absolute atomic E-state index is 6.50. The van der Waals surface area contributed by atoms with Crippen molar-refractivity contribution < 1.29 is 4.42 Å². The van der Waals surface area contributed by atoms with Crippen LogP contribution in [0.1, 0.15) is 60.6 Å². The fraction of sp³-hybridized carbons (Fsp3) is 0.205. The van der Waals surface area contributed by atoms with Crippen molar-refractivity contribution in [3.63, 3.8) is 0 Å². The molecule has 0 spiro atoms. The minimum Gasteiger partial charge on any atom is -0.460 e. The predicted octanol–water partition coefficient (Wildman–Crippen LogP) is 10.9. The van der Waals surface area contributed by atoms with E-state index in [0.29, 0.717) is 11.6 Å². The van der Waals surface area contributed by atoms with E-state index in [2.05, 4.69) is 134 Å². The maximum Gasteiger partial charge on any atom is 0.146 e. The summed E-state index contributed by atoms with van der Waals surface area (Å²) < 4.78 is 6.50. The summed E-state index contributed by atoms with van der Waals surface area (Å²) >= 11 is 0. The number of fused-ring (bicyclic) bond motifs is 6. The molecule has 2 aromatic heterocycles. The Morgan fingerprint density at radius 1 is 0.766 bits per heavy atom. The van der Waals surface area contributed by atoms with Crippen LogP contribution in [0.15, 0.2) is 120 Å². The van der Waals surface area contributed by atoms with E-state index in [1.807, 2.05) is 0 Å². The van der Waals surface area contributed by atoms with Crippen LogP contribution in [-0.4, -0.2) is 10.6 Å². The minimum atomic E-state index is -0.433. The second kappa shape index (κ2) is 11.9. The second-order valence-electron chi connectivity index (χ2n) is 13.4. The van der Waals surface area contributed by atoms with Gasteiger partial charge in [-0.15, -0.1) is 0 Å². The molecule has 3 atom stereocenters. The smallest absolute Gasteiger partial charge is 0.146 e. The van der Waals surface area contributed by atoms with Crippen LogP contribution in [0.4, 0.5) is 0 Å². The zero-order chi connectivity index (χ0) is 31.3. The molecule has 0 aliphatic heterocycles. The van der Waals surface area contributed by atoms with Crippen LogP contribution in [0.25, 0.3) is 50.9 Å². The zero-order valence-corrected chi connectivity index (χ0v) is 27.7. The Morgan fingerprint density at radius 2 is 1.60 bits per heavy atom. The molecule has 0 fully saturated rings. The van der Waals surface area contributed by atoms with Gasteiger partial charge in [0.15, 0.2) is 0 Å². The van der Waals surface area contributed by atoms with Gasteiger partial charge >= 0.3 is 0 Å². The number of aryl methyl sites for hydroxylation is 2. The zero-order valence-electron chi connectivity index (χ0n) is 26.8. The lowest BCUT2D eigenvalue weighted by molar-refractivity contribution is 0.548. The highest BCUT2D eigenvalue weighted by Crippen LogP contribution is 2.46. The molecule has 0 saturated carbocycles. The third-order valence-electron chi connectivity index (χ3n) is 10.3. The van der Waals surface area contributed by atoms with Crippen LogP contribution in [0.3, 0.4) is 0 Å². The summed E-state index contributed by atoms with van der Waals surface area (Å²) in [7, 11) is -0.433. The van der Waals surface area contributed by atoms with E-state index < -0.39 is 7.92 Å². The van der Waals surface area contributed by atoms with Gasteiger partial charge in [-0.3, -0.25) is 0 Å². The number of benzene rings is 4. The Labute approximate surface area is 278 Å². The van der Waals surface area contributed by atoms with Crippen LogP contribution >= 0.6 is 7.92 Å². The first-order valence-electron chi connectivity index (χ1n) is 17.2. The van der Waals surface area contributed by atoms with E-state index >= 15 is 0 Å². The van der Waals surface area contributed by atoms with Gasteiger partial charge < -0.3 is 4.42 Å². The Balaban J connectivity index is 1.05. The van der Waals surface area contributed by atoms with E-state index in [1.165, 1.54) is 51.3 Å². The van der Waals surface area contributed by atoms with Gasteiger partial charge in [0.05, 0.1) is 16.6 Å². The topological polar surface area (TPSA) is 26.0 Å². The highest BCUT2D eigenvalue weighted by Gasteiger charge is 2.27. The van der Waals surface area contributed by atoms with Crippen molar-refractivity contribution in [1.29, 1.82) is 0 Å². The highest BCUT2D eigenvalue weighted by atomic mass is 31.1. The fourth-order valence-corrected chi connectivity index (χ4v) is 10.6. The molecule has 9 rings (SSSR count). The number of pyridine rings is 1. The van der Waals surface area contributed by atoms with Gasteiger partial charge in [0, 0.05) is 28.6 Å². The van der Waals surface area contributed by atoms with Crippen LogP contribution in [-0.2, 0) is 12.8 Å². The van der Waals surface area contributed by atoms with Gasteiger partial charge in [0.1, 0.15) is 11.3 Å². The normalized spacial score (nSPS) is 19.4. The first kappa shape index (κ1) is 28.7. The molecular formula is C44H38NOP. The lowest BCUT2D eigenvalue weighted by Gasteiger charge is -2.31. The number of aromatic nitrogens is 1. The molecule has 4 aromatic carbocycles. The number of furan rings is 1. The molecule has 2 heterocycles. The van der Waals surface area contributed by atoms with Crippen molar-refractivity contribution in [2.24, 2.45) is 5.92 Å². The van der Waals surface area contributed by atoms with Gasteiger partial charge in [-0.2, -0.15) is 0 Å². The van der Waals surface area contributed by atoms with Crippen molar-refractivity contribution in [2.45, 2.75) is 51.1 Å². The summed E-state index contributed by atoms with van der Waals surface area (Å²) in [5.41, 5.74) is 11.4. The van der Waals surface area contributed by atoms with Crippen LogP contribution < -0.4 is 10.6 Å². The largest absolute Gasteiger partial charge is 0.460 e. The van der Waals surface area contributed by atoms with Crippen molar-refractivity contribution in [2.75, 3.05) is 0 Å². The number of rotatable bonds is 5. The van der Waals surface area contributed by atoms with Crippen LogP contribution in [0.5, 0.6) is 0 Å². The lowest BCUT2D eigenvalue weighted by Crippen LogP contribution is -2.23. The third kappa shape index (κ3) is 5.20. The summed E-state index contributed by atoms with van der Waals surface area (Å²) in [6, 6.07) is 36.0. The van der Waals surface area contributed by atoms with Crippen LogP contribution in [0.2, 0.25) is 0 Å². The van der Waals surface area contributed by atoms with Crippen molar-refractivity contribution >= 4 is 58.1 Å². The van der Waals surface area contributed by atoms with Gasteiger partial charge in [-0.1, -0.05) is 122 Å². The monoisotopic (exact) mass is 627 g/mol. The van der Waals surface area contributed by atoms with E-state index in [9.17, 15) is 0 Å². The summed E-state index contributed by atoms with van der Waals surface area (Å²) in [5, 5.41) is 5.23. The quantitative estimate of drug-likeness (QED) is 0.140. The molecule has 3 aliphatic carbocycles. The van der Waals surface area contributed by atoms with E-state index in [1.54, 1.807) is 0 Å². The van der Waals surface area contributed by atoms with Gasteiger partial charge in [0.25, 0.3) is 0 Å². The predicted molar refractivity (Wildman–Crippen MR) is 201 cm³/mol. The Kier molecular flexibility index (Phi) is 7.28. The molecule has 0 saturated heterocycles. The van der Waals surface area contributed by atoms with Gasteiger partial charge in [0.2, 0.25) is 0 Å². The molecule has 0 radical (unpaired) electrons. The summed E-state index contributed by atoms with van der Waals surface area (Å²) in [5.74, 6) is 1.77. The first-order valence-corrected chi connectivity index (χ1v) is 18.6. The van der Waals surface area contributed by atoms with Crippen LogP contribution in [0, 0.1) is 5.92 Å². The fourth-order valence-electron chi connectivity index (χ4n) is 7.82. The van der Waals surface area contributed by atoms with Crippen molar-refractivity contribution in [1.82, 2.24) is 4.98 Å². The molecule has 3 aliphatic rings. The molecule has 2 nitrogen and oxygen atoms in total. The third-order valence-corrected chi connectivity index (χ3v) is 13.1. The van der Waals surface area contributed by atoms with Gasteiger partial charge in [-0.05, 0) is 90.9 Å². The second-order valence-corrected chi connectivity index (χ2v) is 15.8. The molecule has 3 heteroatoms. The molecule has 2 unspecified atom stereocenters. The molecule has 47 heavy (non-hydrogen) atoms. The molecule has 0 bridgehead atoms. The number of hydrogen-bond acceptors (Lipinski definition) is 2. The maximum atomic E-state index is 6.50. The number of nitrogens with zero attached hydrogens (tertiary/aromatic N) is 1. The van der Waals surface area contributed by atoms with E-state index in [4.69, 9.17) is 9.40 Å². The summed E-state index contributed by atoms with van der Waals surface area (Å²) in [4.78, 5) is 5.20. The Morgan fingerprint density at radius 3 is 2.45 bits per heavy atom. The average Bonchev–Trinajstić information content (AvgIpc) is 3.53. The number of hydrogen-bond donors (Lipinski definition) is 0. The summed E-state index contributed by atoms with van der Waals surface area (Å²) in [6.07, 6.45) is 18.5. The molecule has 230 valence electrons. The van der Waals surface area contributed by atoms with Gasteiger partial charge in [-0.25, -0.2) is 4.98 Å². The minimum absolute atomic E-state index is 0.433. The summed E-state index contributed by atoms with van der Waals surface area (Å²) in [6.45, 7) is 2.34. The van der Waals surface area contributed by atoms with Crippen molar-refractivity contribution in [3.8, 4) is 11.3 Å². The standard InChI is InChI=1S/C44H38NOP/c1-29-15-24-36(25-16-29)47(35-9-3-2-4-10-35)37-26-23-33-27-32(21-22-34(33)28-37)30-17-19-31(20-18-30)43-42-39-12-6-8-14-41(39)46-44(42)38-11-5-7-13-40(38)45-43/h2-7,9-13,15,17-20,23-24,26-29,36H,8,14,16,21-22,25H2,1H3/t29-,36?,47?/m0/s1. The van der Waals surface area contributed by atoms with E-state index in [-0.39, 0.29) is 0 Å². The van der Waals surface area contributed by atoms with E-state index in [0.717, 1.165) is 64.6 Å².